The van der Waals surface area contributed by atoms with Gasteiger partial charge in [-0.2, -0.15) is 5.10 Å². The van der Waals surface area contributed by atoms with E-state index in [9.17, 15) is 4.79 Å². The molecule has 1 N–H and O–H groups in total. The second-order valence-electron chi connectivity index (χ2n) is 4.36. The fourth-order valence-corrected chi connectivity index (χ4v) is 2.13. The summed E-state index contributed by atoms with van der Waals surface area (Å²) in [6, 6.07) is 12.5. The molecule has 0 aliphatic heterocycles. The van der Waals surface area contributed by atoms with Gasteiger partial charge >= 0.3 is 0 Å². The molecule has 106 valence electrons. The molecule has 3 rings (SSSR count). The summed E-state index contributed by atoms with van der Waals surface area (Å²) in [7, 11) is 1.57. The molecule has 2 aromatic heterocycles. The zero-order valence-electron chi connectivity index (χ0n) is 11.2. The van der Waals surface area contributed by atoms with Gasteiger partial charge in [0.2, 0.25) is 0 Å². The monoisotopic (exact) mass is 301 g/mol. The number of carbonyl (C=O) groups is 1. The molecule has 0 fully saturated rings. The van der Waals surface area contributed by atoms with E-state index in [1.165, 1.54) is 0 Å². The lowest BCUT2D eigenvalue weighted by Crippen LogP contribution is -2.18. The Kier molecular flexibility index (Phi) is 3.50. The highest BCUT2D eigenvalue weighted by Gasteiger charge is 2.17. The van der Waals surface area contributed by atoms with E-state index in [1.807, 2.05) is 18.2 Å². The molecule has 5 nitrogen and oxygen atoms in total. The minimum Gasteiger partial charge on any atom is -0.463 e. The Morgan fingerprint density at radius 3 is 2.67 bits per heavy atom. The molecule has 0 saturated carbocycles. The number of benzene rings is 1. The van der Waals surface area contributed by atoms with Crippen molar-refractivity contribution >= 4 is 17.5 Å². The van der Waals surface area contributed by atoms with Gasteiger partial charge in [0.1, 0.15) is 5.69 Å². The minimum atomic E-state index is -0.254. The van der Waals surface area contributed by atoms with Gasteiger partial charge in [-0.3, -0.25) is 4.79 Å². The lowest BCUT2D eigenvalue weighted by molar-refractivity contribution is 0.0957. The molecule has 1 aromatic carbocycles. The van der Waals surface area contributed by atoms with E-state index in [-0.39, 0.29) is 5.91 Å². The molecule has 0 saturated heterocycles. The number of hydrogen-bond acceptors (Lipinski definition) is 3. The molecule has 0 radical (unpaired) electrons. The van der Waals surface area contributed by atoms with Crippen molar-refractivity contribution in [1.29, 1.82) is 0 Å². The molecule has 1 amide bonds. The molecule has 0 unspecified atom stereocenters. The predicted octanol–water partition coefficient (Wildman–Crippen LogP) is 3.15. The maximum Gasteiger partial charge on any atom is 0.271 e. The van der Waals surface area contributed by atoms with E-state index < -0.39 is 0 Å². The first-order valence-electron chi connectivity index (χ1n) is 6.31. The van der Waals surface area contributed by atoms with Crippen LogP contribution in [0.15, 0.2) is 53.1 Å². The molecule has 0 atom stereocenters. The number of aromatic nitrogens is 2. The van der Waals surface area contributed by atoms with E-state index >= 15 is 0 Å². The van der Waals surface area contributed by atoms with Crippen molar-refractivity contribution in [3.05, 3.63) is 59.4 Å². The number of rotatable bonds is 3. The van der Waals surface area contributed by atoms with Crippen LogP contribution >= 0.6 is 11.6 Å². The average molecular weight is 302 g/mol. The van der Waals surface area contributed by atoms with Gasteiger partial charge in [-0.15, -0.1) is 0 Å². The maximum absolute atomic E-state index is 11.8. The van der Waals surface area contributed by atoms with Crippen LogP contribution in [0.25, 0.3) is 17.1 Å². The van der Waals surface area contributed by atoms with Gasteiger partial charge in [0, 0.05) is 18.1 Å². The molecule has 3 aromatic rings. The summed E-state index contributed by atoms with van der Waals surface area (Å²) in [4.78, 5) is 11.8. The van der Waals surface area contributed by atoms with Crippen LogP contribution in [-0.4, -0.2) is 22.7 Å². The summed E-state index contributed by atoms with van der Waals surface area (Å²) >= 11 is 5.90. The summed E-state index contributed by atoms with van der Waals surface area (Å²) in [6.07, 6.45) is 1.58. The van der Waals surface area contributed by atoms with E-state index in [0.717, 1.165) is 5.69 Å². The molecule has 21 heavy (non-hydrogen) atoms. The Balaban J connectivity index is 2.15. The lowest BCUT2D eigenvalue weighted by atomic mass is 10.2. The number of nitrogens with one attached hydrogen (secondary N) is 1. The molecule has 0 aliphatic carbocycles. The zero-order valence-corrected chi connectivity index (χ0v) is 12.0. The van der Waals surface area contributed by atoms with Crippen LogP contribution in [0, 0.1) is 0 Å². The van der Waals surface area contributed by atoms with Crippen molar-refractivity contribution in [1.82, 2.24) is 15.1 Å². The number of hydrogen-bond donors (Lipinski definition) is 1. The highest BCUT2D eigenvalue weighted by atomic mass is 35.5. The Morgan fingerprint density at radius 2 is 2.05 bits per heavy atom. The third kappa shape index (κ3) is 2.55. The number of carbonyl (C=O) groups excluding carboxylic acids is 1. The van der Waals surface area contributed by atoms with Crippen molar-refractivity contribution in [2.45, 2.75) is 0 Å². The van der Waals surface area contributed by atoms with Crippen LogP contribution < -0.4 is 5.32 Å². The van der Waals surface area contributed by atoms with Gasteiger partial charge in [-0.1, -0.05) is 11.6 Å². The van der Waals surface area contributed by atoms with Crippen molar-refractivity contribution in [2.75, 3.05) is 7.05 Å². The molecule has 0 bridgehead atoms. The van der Waals surface area contributed by atoms with Crippen LogP contribution in [0.5, 0.6) is 0 Å². The molecule has 2 heterocycles. The smallest absolute Gasteiger partial charge is 0.271 e. The zero-order chi connectivity index (χ0) is 14.8. The summed E-state index contributed by atoms with van der Waals surface area (Å²) in [5, 5.41) is 7.54. The van der Waals surface area contributed by atoms with Gasteiger partial charge < -0.3 is 9.73 Å². The summed E-state index contributed by atoms with van der Waals surface area (Å²) < 4.78 is 7.07. The molecular formula is C15H12ClN3O2. The Bertz CT molecular complexity index is 761. The topological polar surface area (TPSA) is 60.1 Å². The minimum absolute atomic E-state index is 0.254. The van der Waals surface area contributed by atoms with Crippen LogP contribution in [-0.2, 0) is 0 Å². The number of nitrogens with zero attached hydrogens (tertiary/aromatic N) is 2. The molecule has 0 spiro atoms. The molecular weight excluding hydrogens is 290 g/mol. The second-order valence-corrected chi connectivity index (χ2v) is 4.80. The number of furan rings is 1. The summed E-state index contributed by atoms with van der Waals surface area (Å²) in [5.74, 6) is 0.378. The van der Waals surface area contributed by atoms with Crippen molar-refractivity contribution < 1.29 is 9.21 Å². The van der Waals surface area contributed by atoms with E-state index in [0.29, 0.717) is 22.2 Å². The van der Waals surface area contributed by atoms with Crippen LogP contribution in [0.4, 0.5) is 0 Å². The normalized spacial score (nSPS) is 10.6. The highest BCUT2D eigenvalue weighted by molar-refractivity contribution is 6.30. The van der Waals surface area contributed by atoms with Crippen LogP contribution in [0.3, 0.4) is 0 Å². The SMILES string of the molecule is CNC(=O)c1cc(-c2ccco2)n(-c2ccc(Cl)cc2)n1. The molecule has 0 aliphatic rings. The third-order valence-electron chi connectivity index (χ3n) is 3.01. The molecule has 6 heteroatoms. The lowest BCUT2D eigenvalue weighted by Gasteiger charge is -2.05. The summed E-state index contributed by atoms with van der Waals surface area (Å²) in [6.45, 7) is 0. The van der Waals surface area contributed by atoms with Gasteiger partial charge in [0.25, 0.3) is 5.91 Å². The fourth-order valence-electron chi connectivity index (χ4n) is 2.00. The van der Waals surface area contributed by atoms with Crippen LogP contribution in [0.2, 0.25) is 5.02 Å². The van der Waals surface area contributed by atoms with E-state index in [2.05, 4.69) is 10.4 Å². The summed E-state index contributed by atoms with van der Waals surface area (Å²) in [5.41, 5.74) is 1.81. The Labute approximate surface area is 126 Å². The largest absolute Gasteiger partial charge is 0.463 e. The number of amides is 1. The standard InChI is InChI=1S/C15H12ClN3O2/c1-17-15(20)12-9-13(14-3-2-8-21-14)19(18-12)11-6-4-10(16)5-7-11/h2-9H,1H3,(H,17,20). The van der Waals surface area contributed by atoms with Crippen molar-refractivity contribution in [2.24, 2.45) is 0 Å². The fraction of sp³-hybridized carbons (Fsp3) is 0.0667. The van der Waals surface area contributed by atoms with Crippen LogP contribution in [0.1, 0.15) is 10.5 Å². The average Bonchev–Trinajstić information content (AvgIpc) is 3.16. The van der Waals surface area contributed by atoms with Gasteiger partial charge in [0.15, 0.2) is 11.5 Å². The predicted molar refractivity (Wildman–Crippen MR) is 79.7 cm³/mol. The van der Waals surface area contributed by atoms with E-state index in [4.69, 9.17) is 16.0 Å². The Morgan fingerprint density at radius 1 is 1.29 bits per heavy atom. The maximum atomic E-state index is 11.8. The van der Waals surface area contributed by atoms with Crippen molar-refractivity contribution in [3.8, 4) is 17.1 Å². The Hall–Kier alpha value is -2.53. The van der Waals surface area contributed by atoms with Gasteiger partial charge in [0.05, 0.1) is 12.0 Å². The van der Waals surface area contributed by atoms with Gasteiger partial charge in [-0.25, -0.2) is 4.68 Å². The van der Waals surface area contributed by atoms with E-state index in [1.54, 1.807) is 42.3 Å². The third-order valence-corrected chi connectivity index (χ3v) is 3.27. The quantitative estimate of drug-likeness (QED) is 0.808. The van der Waals surface area contributed by atoms with Gasteiger partial charge in [-0.05, 0) is 36.4 Å². The van der Waals surface area contributed by atoms with Crippen molar-refractivity contribution in [3.63, 3.8) is 0 Å². The highest BCUT2D eigenvalue weighted by Crippen LogP contribution is 2.25. The first kappa shape index (κ1) is 13.5. The number of halogens is 1. The second kappa shape index (κ2) is 5.46. The first-order chi connectivity index (χ1) is 10.2. The first-order valence-corrected chi connectivity index (χ1v) is 6.69.